The molecule has 5 heteroatoms. The van der Waals surface area contributed by atoms with Gasteiger partial charge in [-0.1, -0.05) is 58.4 Å². The SMILES string of the molecule is Brc1ccc(C=NNc2nc(-c3ccccc3)cs2)cc1. The van der Waals surface area contributed by atoms with Crippen LogP contribution >= 0.6 is 27.3 Å². The van der Waals surface area contributed by atoms with Crippen LogP contribution in [0.15, 0.2) is 69.6 Å². The van der Waals surface area contributed by atoms with Crippen LogP contribution in [0.25, 0.3) is 11.3 Å². The highest BCUT2D eigenvalue weighted by atomic mass is 79.9. The molecule has 0 saturated heterocycles. The number of hydrogen-bond donors (Lipinski definition) is 1. The van der Waals surface area contributed by atoms with E-state index < -0.39 is 0 Å². The van der Waals surface area contributed by atoms with Crippen LogP contribution in [0.4, 0.5) is 5.13 Å². The smallest absolute Gasteiger partial charge is 0.203 e. The van der Waals surface area contributed by atoms with Gasteiger partial charge < -0.3 is 0 Å². The second-order valence-corrected chi connectivity index (χ2v) is 6.10. The number of halogens is 1. The highest BCUT2D eigenvalue weighted by molar-refractivity contribution is 9.10. The second kappa shape index (κ2) is 6.65. The van der Waals surface area contributed by atoms with Crippen molar-refractivity contribution in [3.63, 3.8) is 0 Å². The lowest BCUT2D eigenvalue weighted by Crippen LogP contribution is -1.90. The molecule has 0 atom stereocenters. The van der Waals surface area contributed by atoms with Crippen LogP contribution < -0.4 is 5.43 Å². The highest BCUT2D eigenvalue weighted by Crippen LogP contribution is 2.24. The van der Waals surface area contributed by atoms with Gasteiger partial charge in [-0.2, -0.15) is 5.10 Å². The molecule has 21 heavy (non-hydrogen) atoms. The van der Waals surface area contributed by atoms with Gasteiger partial charge in [0.25, 0.3) is 0 Å². The molecular weight excluding hydrogens is 346 g/mol. The predicted molar refractivity (Wildman–Crippen MR) is 92.9 cm³/mol. The van der Waals surface area contributed by atoms with E-state index in [1.54, 1.807) is 6.21 Å². The minimum atomic E-state index is 0.780. The van der Waals surface area contributed by atoms with Gasteiger partial charge in [0.1, 0.15) is 0 Å². The molecule has 0 aliphatic heterocycles. The Bertz CT molecular complexity index is 736. The molecule has 2 aromatic carbocycles. The van der Waals surface area contributed by atoms with Crippen molar-refractivity contribution in [3.05, 3.63) is 70.0 Å². The summed E-state index contributed by atoms with van der Waals surface area (Å²) in [5, 5.41) is 7.01. The number of anilines is 1. The van der Waals surface area contributed by atoms with Crippen molar-refractivity contribution in [1.29, 1.82) is 0 Å². The number of benzene rings is 2. The van der Waals surface area contributed by atoms with E-state index in [9.17, 15) is 0 Å². The summed E-state index contributed by atoms with van der Waals surface area (Å²) in [4.78, 5) is 4.51. The lowest BCUT2D eigenvalue weighted by molar-refractivity contribution is 1.29. The average molecular weight is 358 g/mol. The Morgan fingerprint density at radius 1 is 1.05 bits per heavy atom. The van der Waals surface area contributed by atoms with Crippen molar-refractivity contribution in [3.8, 4) is 11.3 Å². The van der Waals surface area contributed by atoms with Crippen LogP contribution in [-0.4, -0.2) is 11.2 Å². The minimum Gasteiger partial charge on any atom is -0.253 e. The molecule has 1 heterocycles. The zero-order valence-corrected chi connectivity index (χ0v) is 13.4. The topological polar surface area (TPSA) is 37.3 Å². The summed E-state index contributed by atoms with van der Waals surface area (Å²) in [7, 11) is 0. The number of hydrazone groups is 1. The lowest BCUT2D eigenvalue weighted by atomic mass is 10.2. The van der Waals surface area contributed by atoms with E-state index in [1.165, 1.54) is 11.3 Å². The monoisotopic (exact) mass is 357 g/mol. The normalized spacial score (nSPS) is 10.9. The third-order valence-electron chi connectivity index (χ3n) is 2.82. The highest BCUT2D eigenvalue weighted by Gasteiger charge is 2.02. The summed E-state index contributed by atoms with van der Waals surface area (Å²) in [6, 6.07) is 18.1. The Morgan fingerprint density at radius 2 is 1.81 bits per heavy atom. The first-order chi connectivity index (χ1) is 10.3. The van der Waals surface area contributed by atoms with Gasteiger partial charge in [0.2, 0.25) is 5.13 Å². The fourth-order valence-corrected chi connectivity index (χ4v) is 2.71. The second-order valence-electron chi connectivity index (χ2n) is 4.33. The Balaban J connectivity index is 1.66. The number of thiazole rings is 1. The quantitative estimate of drug-likeness (QED) is 0.525. The molecule has 0 aliphatic carbocycles. The summed E-state index contributed by atoms with van der Waals surface area (Å²) >= 11 is 4.95. The van der Waals surface area contributed by atoms with Crippen LogP contribution in [0.1, 0.15) is 5.56 Å². The van der Waals surface area contributed by atoms with Crippen molar-refractivity contribution in [2.75, 3.05) is 5.43 Å². The van der Waals surface area contributed by atoms with Gasteiger partial charge in [-0.05, 0) is 17.7 Å². The maximum Gasteiger partial charge on any atom is 0.203 e. The zero-order valence-electron chi connectivity index (χ0n) is 11.0. The van der Waals surface area contributed by atoms with E-state index in [0.29, 0.717) is 0 Å². The molecule has 1 N–H and O–H groups in total. The van der Waals surface area contributed by atoms with Crippen molar-refractivity contribution in [1.82, 2.24) is 4.98 Å². The Kier molecular flexibility index (Phi) is 4.43. The van der Waals surface area contributed by atoms with Gasteiger partial charge in [-0.15, -0.1) is 11.3 Å². The first-order valence-electron chi connectivity index (χ1n) is 6.37. The number of hydrogen-bond acceptors (Lipinski definition) is 4. The van der Waals surface area contributed by atoms with Crippen molar-refractivity contribution in [2.45, 2.75) is 0 Å². The molecule has 3 rings (SSSR count). The standard InChI is InChI=1S/C16H12BrN3S/c17-14-8-6-12(7-9-14)10-18-20-16-19-15(11-21-16)13-4-2-1-3-5-13/h1-11H,(H,19,20). The number of nitrogens with zero attached hydrogens (tertiary/aromatic N) is 2. The van der Waals surface area contributed by atoms with Crippen LogP contribution in [0.5, 0.6) is 0 Å². The summed E-state index contributed by atoms with van der Waals surface area (Å²) < 4.78 is 1.06. The molecule has 0 aliphatic rings. The van der Waals surface area contributed by atoms with E-state index in [0.717, 1.165) is 26.4 Å². The van der Waals surface area contributed by atoms with Gasteiger partial charge in [0.15, 0.2) is 0 Å². The van der Waals surface area contributed by atoms with Crippen LogP contribution in [0.3, 0.4) is 0 Å². The molecular formula is C16H12BrN3S. The maximum absolute atomic E-state index is 4.51. The Hall–Kier alpha value is -1.98. The van der Waals surface area contributed by atoms with E-state index in [4.69, 9.17) is 0 Å². The van der Waals surface area contributed by atoms with Gasteiger partial charge in [-0.3, -0.25) is 5.43 Å². The average Bonchev–Trinajstić information content (AvgIpc) is 2.99. The van der Waals surface area contributed by atoms with Gasteiger partial charge in [0, 0.05) is 15.4 Å². The summed E-state index contributed by atoms with van der Waals surface area (Å²) in [5.74, 6) is 0. The molecule has 0 bridgehead atoms. The molecule has 0 unspecified atom stereocenters. The molecule has 3 aromatic rings. The molecule has 3 nitrogen and oxygen atoms in total. The third kappa shape index (κ3) is 3.77. The van der Waals surface area contributed by atoms with Crippen molar-refractivity contribution in [2.24, 2.45) is 5.10 Å². The lowest BCUT2D eigenvalue weighted by Gasteiger charge is -1.96. The van der Waals surface area contributed by atoms with Crippen molar-refractivity contribution >= 4 is 38.6 Å². The van der Waals surface area contributed by atoms with Crippen LogP contribution in [-0.2, 0) is 0 Å². The van der Waals surface area contributed by atoms with E-state index in [1.807, 2.05) is 60.0 Å². The molecule has 0 amide bonds. The first-order valence-corrected chi connectivity index (χ1v) is 8.04. The van der Waals surface area contributed by atoms with Crippen LogP contribution in [0, 0.1) is 0 Å². The Morgan fingerprint density at radius 3 is 2.57 bits per heavy atom. The fourth-order valence-electron chi connectivity index (χ4n) is 1.78. The molecule has 0 radical (unpaired) electrons. The number of nitrogens with one attached hydrogen (secondary N) is 1. The fraction of sp³-hybridized carbons (Fsp3) is 0. The Labute approximate surface area is 135 Å². The van der Waals surface area contributed by atoms with E-state index in [-0.39, 0.29) is 0 Å². The number of rotatable bonds is 4. The zero-order chi connectivity index (χ0) is 14.5. The summed E-state index contributed by atoms with van der Waals surface area (Å²) in [5.41, 5.74) is 6.07. The molecule has 0 fully saturated rings. The molecule has 0 spiro atoms. The van der Waals surface area contributed by atoms with Gasteiger partial charge in [0.05, 0.1) is 11.9 Å². The summed E-state index contributed by atoms with van der Waals surface area (Å²) in [6.45, 7) is 0. The third-order valence-corrected chi connectivity index (χ3v) is 4.09. The molecule has 0 saturated carbocycles. The van der Waals surface area contributed by atoms with Crippen molar-refractivity contribution < 1.29 is 0 Å². The number of aromatic nitrogens is 1. The summed E-state index contributed by atoms with van der Waals surface area (Å²) in [6.07, 6.45) is 1.77. The predicted octanol–water partition coefficient (Wildman–Crippen LogP) is 5.02. The van der Waals surface area contributed by atoms with Crippen LogP contribution in [0.2, 0.25) is 0 Å². The first kappa shape index (κ1) is 14.0. The van der Waals surface area contributed by atoms with Gasteiger partial charge in [-0.25, -0.2) is 4.98 Å². The molecule has 104 valence electrons. The van der Waals surface area contributed by atoms with E-state index in [2.05, 4.69) is 31.4 Å². The van der Waals surface area contributed by atoms with Gasteiger partial charge >= 0.3 is 0 Å². The van der Waals surface area contributed by atoms with E-state index >= 15 is 0 Å². The minimum absolute atomic E-state index is 0.780. The maximum atomic E-state index is 4.51. The molecule has 1 aromatic heterocycles. The largest absolute Gasteiger partial charge is 0.253 e.